The zero-order chi connectivity index (χ0) is 20.3. The van der Waals surface area contributed by atoms with E-state index < -0.39 is 5.54 Å². The monoisotopic (exact) mass is 382 g/mol. The summed E-state index contributed by atoms with van der Waals surface area (Å²) in [6.45, 7) is 6.47. The maximum atomic E-state index is 12.9. The summed E-state index contributed by atoms with van der Waals surface area (Å²) in [6, 6.07) is 12.8. The second kappa shape index (κ2) is 7.92. The van der Waals surface area contributed by atoms with Gasteiger partial charge in [0.15, 0.2) is 0 Å². The zero-order valence-electron chi connectivity index (χ0n) is 16.7. The summed E-state index contributed by atoms with van der Waals surface area (Å²) in [5.74, 6) is 1.28. The van der Waals surface area contributed by atoms with Crippen molar-refractivity contribution in [1.82, 2.24) is 10.2 Å². The number of imide groups is 1. The topological polar surface area (TPSA) is 67.9 Å². The van der Waals surface area contributed by atoms with Crippen molar-refractivity contribution < 1.29 is 19.1 Å². The third-order valence-corrected chi connectivity index (χ3v) is 5.07. The number of carbonyl (C=O) groups is 2. The molecule has 1 unspecified atom stereocenters. The third-order valence-electron chi connectivity index (χ3n) is 5.07. The number of ether oxygens (including phenoxy) is 2. The number of rotatable bonds is 7. The normalized spacial score (nSPS) is 18.9. The van der Waals surface area contributed by atoms with Gasteiger partial charge in [0, 0.05) is 6.54 Å². The number of hydrogen-bond donors (Lipinski definition) is 1. The van der Waals surface area contributed by atoms with E-state index in [1.165, 1.54) is 4.90 Å². The van der Waals surface area contributed by atoms with Gasteiger partial charge in [0.05, 0.1) is 13.7 Å². The van der Waals surface area contributed by atoms with Gasteiger partial charge in [-0.1, -0.05) is 24.3 Å². The van der Waals surface area contributed by atoms with Crippen LogP contribution in [0, 0.1) is 13.8 Å². The van der Waals surface area contributed by atoms with Crippen LogP contribution in [0.5, 0.6) is 11.5 Å². The van der Waals surface area contributed by atoms with Crippen LogP contribution in [-0.2, 0) is 10.3 Å². The minimum atomic E-state index is -1.07. The lowest BCUT2D eigenvalue weighted by atomic mass is 9.92. The highest BCUT2D eigenvalue weighted by Crippen LogP contribution is 2.30. The van der Waals surface area contributed by atoms with E-state index in [4.69, 9.17) is 9.47 Å². The molecule has 6 heteroatoms. The van der Waals surface area contributed by atoms with Gasteiger partial charge >= 0.3 is 6.03 Å². The van der Waals surface area contributed by atoms with Gasteiger partial charge < -0.3 is 14.8 Å². The number of benzene rings is 2. The summed E-state index contributed by atoms with van der Waals surface area (Å²) in [4.78, 5) is 26.6. The van der Waals surface area contributed by atoms with Crippen LogP contribution in [0.3, 0.4) is 0 Å². The number of urea groups is 1. The van der Waals surface area contributed by atoms with Gasteiger partial charge in [0.1, 0.15) is 17.0 Å². The fourth-order valence-electron chi connectivity index (χ4n) is 3.29. The van der Waals surface area contributed by atoms with Crippen molar-refractivity contribution in [1.29, 1.82) is 0 Å². The molecule has 2 aromatic rings. The molecule has 0 spiro atoms. The van der Waals surface area contributed by atoms with E-state index in [2.05, 4.69) is 5.32 Å². The molecule has 28 heavy (non-hydrogen) atoms. The molecule has 1 aliphatic heterocycles. The van der Waals surface area contributed by atoms with Crippen LogP contribution in [0.15, 0.2) is 42.5 Å². The lowest BCUT2D eigenvalue weighted by Gasteiger charge is -2.22. The Morgan fingerprint density at radius 1 is 1.07 bits per heavy atom. The summed E-state index contributed by atoms with van der Waals surface area (Å²) in [6.07, 6.45) is 0.561. The van der Waals surface area contributed by atoms with Gasteiger partial charge in [0.25, 0.3) is 5.91 Å². The Balaban J connectivity index is 1.61. The quantitative estimate of drug-likeness (QED) is 0.587. The maximum absolute atomic E-state index is 12.9. The smallest absolute Gasteiger partial charge is 0.325 e. The molecule has 0 bridgehead atoms. The predicted molar refractivity (Wildman–Crippen MR) is 107 cm³/mol. The molecular weight excluding hydrogens is 356 g/mol. The molecule has 6 nitrogen and oxygen atoms in total. The molecule has 1 aliphatic rings. The molecule has 148 valence electrons. The average Bonchev–Trinajstić information content (AvgIpc) is 2.91. The lowest BCUT2D eigenvalue weighted by Crippen LogP contribution is -2.41. The Bertz CT molecular complexity index is 879. The molecule has 3 rings (SSSR count). The van der Waals surface area contributed by atoms with E-state index in [1.807, 2.05) is 32.0 Å². The van der Waals surface area contributed by atoms with E-state index in [9.17, 15) is 9.59 Å². The summed E-state index contributed by atoms with van der Waals surface area (Å²) in [5.41, 5.74) is 1.84. The van der Waals surface area contributed by atoms with Gasteiger partial charge in [-0.25, -0.2) is 4.79 Å². The first kappa shape index (κ1) is 19.7. The largest absolute Gasteiger partial charge is 0.497 e. The highest BCUT2D eigenvalue weighted by atomic mass is 16.5. The Morgan fingerprint density at radius 2 is 1.79 bits per heavy atom. The molecule has 3 amide bonds. The molecular formula is C22H26N2O4. The Hall–Kier alpha value is -3.02. The Morgan fingerprint density at radius 3 is 2.46 bits per heavy atom. The molecule has 1 saturated heterocycles. The Labute approximate surface area is 165 Å². The van der Waals surface area contributed by atoms with Crippen molar-refractivity contribution >= 4 is 11.9 Å². The fraction of sp³-hybridized carbons (Fsp3) is 0.364. The second-order valence-corrected chi connectivity index (χ2v) is 7.21. The van der Waals surface area contributed by atoms with Crippen LogP contribution in [0.4, 0.5) is 4.79 Å². The van der Waals surface area contributed by atoms with Crippen LogP contribution in [0.1, 0.15) is 30.0 Å². The summed E-state index contributed by atoms with van der Waals surface area (Å²) in [5, 5.41) is 2.81. The summed E-state index contributed by atoms with van der Waals surface area (Å²) < 4.78 is 11.0. The SMILES string of the molecule is COc1ccc(C2(C)NC(=O)N(CCCOc3cc(C)ccc3C)C2=O)cc1. The predicted octanol–water partition coefficient (Wildman–Crippen LogP) is 3.55. The van der Waals surface area contributed by atoms with Crippen LogP contribution in [0.25, 0.3) is 0 Å². The molecule has 0 radical (unpaired) electrons. The molecule has 1 N–H and O–H groups in total. The van der Waals surface area contributed by atoms with Crippen molar-refractivity contribution in [2.75, 3.05) is 20.3 Å². The standard InChI is InChI=1S/C22H26N2O4/c1-15-6-7-16(2)19(14-15)28-13-5-12-24-20(25)22(3,23-21(24)26)17-8-10-18(27-4)11-9-17/h6-11,14H,5,12-13H2,1-4H3,(H,23,26). The first-order valence-corrected chi connectivity index (χ1v) is 9.34. The van der Waals surface area contributed by atoms with Crippen molar-refractivity contribution in [3.05, 3.63) is 59.2 Å². The molecule has 0 aromatic heterocycles. The molecule has 0 saturated carbocycles. The number of aryl methyl sites for hydroxylation is 2. The number of nitrogens with one attached hydrogen (secondary N) is 1. The second-order valence-electron chi connectivity index (χ2n) is 7.21. The number of nitrogens with zero attached hydrogens (tertiary/aromatic N) is 1. The van der Waals surface area contributed by atoms with Crippen LogP contribution >= 0.6 is 0 Å². The molecule has 2 aromatic carbocycles. The Kier molecular flexibility index (Phi) is 5.58. The average molecular weight is 382 g/mol. The van der Waals surface area contributed by atoms with Crippen molar-refractivity contribution in [2.45, 2.75) is 32.7 Å². The van der Waals surface area contributed by atoms with Gasteiger partial charge in [0.2, 0.25) is 0 Å². The zero-order valence-corrected chi connectivity index (χ0v) is 16.7. The number of hydrogen-bond acceptors (Lipinski definition) is 4. The number of methoxy groups -OCH3 is 1. The van der Waals surface area contributed by atoms with Gasteiger partial charge in [-0.3, -0.25) is 9.69 Å². The van der Waals surface area contributed by atoms with Crippen LogP contribution in [0.2, 0.25) is 0 Å². The number of amides is 3. The third kappa shape index (κ3) is 3.81. The maximum Gasteiger partial charge on any atom is 0.325 e. The van der Waals surface area contributed by atoms with Crippen molar-refractivity contribution in [2.24, 2.45) is 0 Å². The summed E-state index contributed by atoms with van der Waals surface area (Å²) in [7, 11) is 1.58. The highest BCUT2D eigenvalue weighted by Gasteiger charge is 2.48. The van der Waals surface area contributed by atoms with E-state index in [0.29, 0.717) is 25.3 Å². The summed E-state index contributed by atoms with van der Waals surface area (Å²) >= 11 is 0. The first-order chi connectivity index (χ1) is 13.3. The minimum absolute atomic E-state index is 0.255. The fourth-order valence-corrected chi connectivity index (χ4v) is 3.29. The van der Waals surface area contributed by atoms with Gasteiger partial charge in [-0.15, -0.1) is 0 Å². The molecule has 1 atom stereocenters. The molecule has 0 aliphatic carbocycles. The van der Waals surface area contributed by atoms with E-state index in [0.717, 1.165) is 22.4 Å². The first-order valence-electron chi connectivity index (χ1n) is 9.34. The van der Waals surface area contributed by atoms with Crippen LogP contribution in [-0.4, -0.2) is 37.1 Å². The van der Waals surface area contributed by atoms with E-state index >= 15 is 0 Å². The van der Waals surface area contributed by atoms with Gasteiger partial charge in [-0.2, -0.15) is 0 Å². The van der Waals surface area contributed by atoms with E-state index in [1.54, 1.807) is 38.3 Å². The van der Waals surface area contributed by atoms with Gasteiger partial charge in [-0.05, 0) is 62.1 Å². The van der Waals surface area contributed by atoms with Crippen LogP contribution < -0.4 is 14.8 Å². The minimum Gasteiger partial charge on any atom is -0.497 e. The molecule has 1 heterocycles. The van der Waals surface area contributed by atoms with Crippen molar-refractivity contribution in [3.63, 3.8) is 0 Å². The highest BCUT2D eigenvalue weighted by molar-refractivity contribution is 6.07. The van der Waals surface area contributed by atoms with Crippen molar-refractivity contribution in [3.8, 4) is 11.5 Å². The van der Waals surface area contributed by atoms with E-state index in [-0.39, 0.29) is 11.9 Å². The lowest BCUT2D eigenvalue weighted by molar-refractivity contribution is -0.131. The molecule has 1 fully saturated rings. The number of carbonyl (C=O) groups excluding carboxylic acids is 2.